The zero-order valence-electron chi connectivity index (χ0n) is 13.7. The highest BCUT2D eigenvalue weighted by Crippen LogP contribution is 2.13. The molecule has 2 aromatic rings. The summed E-state index contributed by atoms with van der Waals surface area (Å²) in [6, 6.07) is 5.15. The first kappa shape index (κ1) is 18.6. The Bertz CT molecular complexity index is 749. The number of carbonyl (C=O) groups excluding carboxylic acids is 1. The van der Waals surface area contributed by atoms with Gasteiger partial charge in [-0.3, -0.25) is 10.3 Å². The number of aliphatic imine (C=N–C) groups is 1. The number of guanidine groups is 1. The Balaban J connectivity index is 1.73. The quantitative estimate of drug-likeness (QED) is 0.350. The third kappa shape index (κ3) is 6.34. The van der Waals surface area contributed by atoms with Gasteiger partial charge in [0, 0.05) is 13.0 Å². The third-order valence-corrected chi connectivity index (χ3v) is 4.06. The summed E-state index contributed by atoms with van der Waals surface area (Å²) in [6.45, 7) is 2.18. The van der Waals surface area contributed by atoms with Crippen LogP contribution in [0.25, 0.3) is 0 Å². The van der Waals surface area contributed by atoms with E-state index in [0.717, 1.165) is 5.01 Å². The van der Waals surface area contributed by atoms with Gasteiger partial charge in [0.05, 0.1) is 6.04 Å². The Labute approximate surface area is 148 Å². The second-order valence-electron chi connectivity index (χ2n) is 5.28. The number of anilines is 1. The predicted octanol–water partition coefficient (Wildman–Crippen LogP) is 1.57. The van der Waals surface area contributed by atoms with E-state index >= 15 is 0 Å². The Kier molecular flexibility index (Phi) is 6.63. The molecule has 1 heterocycles. The molecule has 6 N–H and O–H groups in total. The van der Waals surface area contributed by atoms with Crippen molar-refractivity contribution in [2.45, 2.75) is 25.8 Å². The first-order valence-electron chi connectivity index (χ1n) is 7.65. The molecule has 0 saturated heterocycles. The number of amides is 2. The van der Waals surface area contributed by atoms with Crippen LogP contribution in [0.5, 0.6) is 0 Å². The van der Waals surface area contributed by atoms with Gasteiger partial charge in [-0.2, -0.15) is 0 Å². The SMILES string of the molecule is CC(NC(=O)NC(N)=NCCCc1nnc(N)s1)c1cccc(F)c1. The number of hydrogen-bond donors (Lipinski definition) is 4. The first-order valence-corrected chi connectivity index (χ1v) is 8.46. The molecule has 0 spiro atoms. The van der Waals surface area contributed by atoms with E-state index in [4.69, 9.17) is 11.5 Å². The number of benzene rings is 1. The van der Waals surface area contributed by atoms with Crippen LogP contribution in [0.4, 0.5) is 14.3 Å². The highest BCUT2D eigenvalue weighted by atomic mass is 32.1. The van der Waals surface area contributed by atoms with Gasteiger partial charge in [0.15, 0.2) is 5.96 Å². The lowest BCUT2D eigenvalue weighted by Gasteiger charge is -2.14. The second-order valence-corrected chi connectivity index (χ2v) is 6.37. The van der Waals surface area contributed by atoms with E-state index in [1.54, 1.807) is 19.1 Å². The fourth-order valence-corrected chi connectivity index (χ4v) is 2.70. The lowest BCUT2D eigenvalue weighted by molar-refractivity contribution is 0.242. The fraction of sp³-hybridized carbons (Fsp3) is 0.333. The maximum absolute atomic E-state index is 13.2. The van der Waals surface area contributed by atoms with Gasteiger partial charge in [-0.05, 0) is 31.0 Å². The van der Waals surface area contributed by atoms with Crippen LogP contribution in [0.15, 0.2) is 29.3 Å². The topological polar surface area (TPSA) is 131 Å². The molecule has 0 aliphatic heterocycles. The smallest absolute Gasteiger partial charge is 0.322 e. The van der Waals surface area contributed by atoms with Crippen LogP contribution in [0.3, 0.4) is 0 Å². The Morgan fingerprint density at radius 1 is 1.44 bits per heavy atom. The molecule has 0 saturated carbocycles. The Morgan fingerprint density at radius 3 is 2.92 bits per heavy atom. The maximum Gasteiger partial charge on any atom is 0.322 e. The standard InChI is InChI=1S/C15H20FN7OS/c1-9(10-4-2-5-11(16)8-10)20-15(24)21-13(17)19-7-3-6-12-22-23-14(18)25-12/h2,4-5,8-9H,3,6-7H2,1H3,(H2,18,23)(H4,17,19,20,21,24). The zero-order chi connectivity index (χ0) is 18.2. The molecular formula is C15H20FN7OS. The molecule has 1 aromatic heterocycles. The first-order chi connectivity index (χ1) is 11.9. The summed E-state index contributed by atoms with van der Waals surface area (Å²) in [5, 5.41) is 14.0. The largest absolute Gasteiger partial charge is 0.374 e. The van der Waals surface area contributed by atoms with Crippen LogP contribution in [0.2, 0.25) is 0 Å². The van der Waals surface area contributed by atoms with E-state index < -0.39 is 6.03 Å². The fourth-order valence-electron chi connectivity index (χ4n) is 2.05. The summed E-state index contributed by atoms with van der Waals surface area (Å²) in [5.41, 5.74) is 11.8. The predicted molar refractivity (Wildman–Crippen MR) is 95.6 cm³/mol. The lowest BCUT2D eigenvalue weighted by Crippen LogP contribution is -2.44. The minimum absolute atomic E-state index is 0.0146. The van der Waals surface area contributed by atoms with E-state index in [1.807, 2.05) is 0 Å². The van der Waals surface area contributed by atoms with E-state index in [2.05, 4.69) is 25.8 Å². The number of rotatable bonds is 6. The molecule has 2 amide bonds. The normalized spacial score (nSPS) is 12.6. The van der Waals surface area contributed by atoms with Crippen LogP contribution in [-0.4, -0.2) is 28.7 Å². The van der Waals surface area contributed by atoms with Crippen LogP contribution in [0, 0.1) is 5.82 Å². The van der Waals surface area contributed by atoms with E-state index in [9.17, 15) is 9.18 Å². The molecule has 0 radical (unpaired) electrons. The van der Waals surface area contributed by atoms with Crippen LogP contribution < -0.4 is 22.1 Å². The summed E-state index contributed by atoms with van der Waals surface area (Å²) in [5.74, 6) is -0.342. The molecule has 1 unspecified atom stereocenters. The molecule has 25 heavy (non-hydrogen) atoms. The molecule has 10 heteroatoms. The van der Waals surface area contributed by atoms with Crippen LogP contribution in [0.1, 0.15) is 30.0 Å². The summed E-state index contributed by atoms with van der Waals surface area (Å²) in [7, 11) is 0. The molecule has 0 bridgehead atoms. The molecule has 1 aromatic carbocycles. The second kappa shape index (κ2) is 8.92. The number of aryl methyl sites for hydroxylation is 1. The van der Waals surface area contributed by atoms with Crippen molar-refractivity contribution in [3.8, 4) is 0 Å². The molecule has 8 nitrogen and oxygen atoms in total. The average Bonchev–Trinajstić information content (AvgIpc) is 2.97. The number of nitrogens with one attached hydrogen (secondary N) is 2. The summed E-state index contributed by atoms with van der Waals surface area (Å²) < 4.78 is 13.2. The third-order valence-electron chi connectivity index (χ3n) is 3.25. The van der Waals surface area contributed by atoms with Crippen molar-refractivity contribution in [1.29, 1.82) is 0 Å². The minimum Gasteiger partial charge on any atom is -0.374 e. The van der Waals surface area contributed by atoms with Crippen LogP contribution >= 0.6 is 11.3 Å². The van der Waals surface area contributed by atoms with Crippen molar-refractivity contribution in [3.05, 3.63) is 40.7 Å². The van der Waals surface area contributed by atoms with Gasteiger partial charge >= 0.3 is 6.03 Å². The van der Waals surface area contributed by atoms with Crippen molar-refractivity contribution in [3.63, 3.8) is 0 Å². The summed E-state index contributed by atoms with van der Waals surface area (Å²) >= 11 is 1.33. The molecular weight excluding hydrogens is 345 g/mol. The number of urea groups is 1. The van der Waals surface area contributed by atoms with Crippen molar-refractivity contribution in [2.24, 2.45) is 10.7 Å². The Morgan fingerprint density at radius 2 is 2.24 bits per heavy atom. The van der Waals surface area contributed by atoms with Crippen molar-refractivity contribution in [1.82, 2.24) is 20.8 Å². The van der Waals surface area contributed by atoms with E-state index in [0.29, 0.717) is 30.1 Å². The maximum atomic E-state index is 13.2. The van der Waals surface area contributed by atoms with Gasteiger partial charge in [0.2, 0.25) is 5.13 Å². The summed E-state index contributed by atoms with van der Waals surface area (Å²) in [6.07, 6.45) is 1.40. The number of nitrogen functional groups attached to an aromatic ring is 1. The highest BCUT2D eigenvalue weighted by molar-refractivity contribution is 7.15. The molecule has 0 aliphatic rings. The Hall–Kier alpha value is -2.75. The number of halogens is 1. The van der Waals surface area contributed by atoms with E-state index in [1.165, 1.54) is 23.5 Å². The number of hydrogen-bond acceptors (Lipinski definition) is 6. The molecule has 0 fully saturated rings. The molecule has 2 rings (SSSR count). The number of aromatic nitrogens is 2. The molecule has 134 valence electrons. The van der Waals surface area contributed by atoms with Crippen LogP contribution in [-0.2, 0) is 6.42 Å². The number of nitrogens with two attached hydrogens (primary N) is 2. The summed E-state index contributed by atoms with van der Waals surface area (Å²) in [4.78, 5) is 15.9. The van der Waals surface area contributed by atoms with E-state index in [-0.39, 0.29) is 17.8 Å². The number of carbonyl (C=O) groups is 1. The highest BCUT2D eigenvalue weighted by Gasteiger charge is 2.10. The monoisotopic (exact) mass is 365 g/mol. The van der Waals surface area contributed by atoms with Gasteiger partial charge < -0.3 is 16.8 Å². The zero-order valence-corrected chi connectivity index (χ0v) is 14.5. The van der Waals surface area contributed by atoms with Gasteiger partial charge in [-0.15, -0.1) is 10.2 Å². The van der Waals surface area contributed by atoms with Crippen molar-refractivity contribution in [2.75, 3.05) is 12.3 Å². The molecule has 1 atom stereocenters. The van der Waals surface area contributed by atoms with Gasteiger partial charge in [-0.1, -0.05) is 23.5 Å². The van der Waals surface area contributed by atoms with Crippen molar-refractivity contribution < 1.29 is 9.18 Å². The van der Waals surface area contributed by atoms with Crippen molar-refractivity contribution >= 4 is 28.5 Å². The van der Waals surface area contributed by atoms with Gasteiger partial charge in [0.25, 0.3) is 0 Å². The molecule has 0 aliphatic carbocycles. The van der Waals surface area contributed by atoms with Gasteiger partial charge in [0.1, 0.15) is 10.8 Å². The average molecular weight is 365 g/mol. The number of nitrogens with zero attached hydrogens (tertiary/aromatic N) is 3. The lowest BCUT2D eigenvalue weighted by atomic mass is 10.1. The van der Waals surface area contributed by atoms with Gasteiger partial charge in [-0.25, -0.2) is 9.18 Å². The minimum atomic E-state index is -0.505.